The van der Waals surface area contributed by atoms with Crippen molar-refractivity contribution in [3.8, 4) is 0 Å². The van der Waals surface area contributed by atoms with Gasteiger partial charge in [-0.1, -0.05) is 32.0 Å². The lowest BCUT2D eigenvalue weighted by Gasteiger charge is -2.08. The van der Waals surface area contributed by atoms with Gasteiger partial charge < -0.3 is 10.6 Å². The van der Waals surface area contributed by atoms with Gasteiger partial charge >= 0.3 is 0 Å². The predicted octanol–water partition coefficient (Wildman–Crippen LogP) is 3.19. The first-order valence-corrected chi connectivity index (χ1v) is 7.09. The first-order chi connectivity index (χ1) is 10.1. The van der Waals surface area contributed by atoms with Crippen molar-refractivity contribution in [1.29, 1.82) is 0 Å². The van der Waals surface area contributed by atoms with Gasteiger partial charge in [0.25, 0.3) is 5.91 Å². The second-order valence-corrected chi connectivity index (χ2v) is 5.23. The van der Waals surface area contributed by atoms with Gasteiger partial charge in [-0.2, -0.15) is 0 Å². The van der Waals surface area contributed by atoms with Crippen LogP contribution in [0.25, 0.3) is 0 Å². The SMILES string of the molecule is CC(C)CCNc1ccc(NC(=O)c2ccccc2)nn1. The molecule has 0 aliphatic heterocycles. The van der Waals surface area contributed by atoms with Crippen LogP contribution in [0.4, 0.5) is 11.6 Å². The lowest BCUT2D eigenvalue weighted by molar-refractivity contribution is 0.102. The molecule has 2 N–H and O–H groups in total. The summed E-state index contributed by atoms with van der Waals surface area (Å²) in [5, 5.41) is 14.0. The van der Waals surface area contributed by atoms with E-state index in [1.165, 1.54) is 0 Å². The van der Waals surface area contributed by atoms with Crippen molar-refractivity contribution >= 4 is 17.5 Å². The Hall–Kier alpha value is -2.43. The minimum atomic E-state index is -0.189. The normalized spacial score (nSPS) is 10.4. The zero-order valence-corrected chi connectivity index (χ0v) is 12.3. The highest BCUT2D eigenvalue weighted by Gasteiger charge is 2.06. The Balaban J connectivity index is 1.89. The molecule has 1 aromatic carbocycles. The molecule has 0 aliphatic rings. The summed E-state index contributed by atoms with van der Waals surface area (Å²) in [6.07, 6.45) is 1.08. The fraction of sp³-hybridized carbons (Fsp3) is 0.312. The molecule has 0 saturated carbocycles. The molecule has 1 heterocycles. The van der Waals surface area contributed by atoms with Crippen molar-refractivity contribution in [2.75, 3.05) is 17.2 Å². The van der Waals surface area contributed by atoms with E-state index in [0.717, 1.165) is 13.0 Å². The highest BCUT2D eigenvalue weighted by atomic mass is 16.1. The minimum absolute atomic E-state index is 0.189. The van der Waals surface area contributed by atoms with Crippen molar-refractivity contribution in [1.82, 2.24) is 10.2 Å². The van der Waals surface area contributed by atoms with Crippen LogP contribution in [0.3, 0.4) is 0 Å². The molecular formula is C16H20N4O. The quantitative estimate of drug-likeness (QED) is 0.855. The molecule has 2 rings (SSSR count). The number of hydrogen-bond acceptors (Lipinski definition) is 4. The Morgan fingerprint density at radius 2 is 1.71 bits per heavy atom. The number of rotatable bonds is 6. The van der Waals surface area contributed by atoms with Crippen molar-refractivity contribution < 1.29 is 4.79 Å². The fourth-order valence-electron chi connectivity index (χ4n) is 1.76. The van der Waals surface area contributed by atoms with Gasteiger partial charge in [0.2, 0.25) is 0 Å². The molecule has 1 amide bonds. The van der Waals surface area contributed by atoms with Crippen LogP contribution >= 0.6 is 0 Å². The van der Waals surface area contributed by atoms with Gasteiger partial charge in [0.15, 0.2) is 5.82 Å². The number of amides is 1. The van der Waals surface area contributed by atoms with Crippen LogP contribution < -0.4 is 10.6 Å². The van der Waals surface area contributed by atoms with Gasteiger partial charge in [-0.3, -0.25) is 4.79 Å². The molecule has 0 unspecified atom stereocenters. The second-order valence-electron chi connectivity index (χ2n) is 5.23. The maximum Gasteiger partial charge on any atom is 0.256 e. The van der Waals surface area contributed by atoms with Crippen LogP contribution in [0.15, 0.2) is 42.5 Å². The van der Waals surface area contributed by atoms with E-state index >= 15 is 0 Å². The lowest BCUT2D eigenvalue weighted by atomic mass is 10.1. The molecule has 0 bridgehead atoms. The van der Waals surface area contributed by atoms with Crippen LogP contribution in [-0.4, -0.2) is 22.6 Å². The summed E-state index contributed by atoms with van der Waals surface area (Å²) in [5.41, 5.74) is 0.596. The Morgan fingerprint density at radius 1 is 1.05 bits per heavy atom. The topological polar surface area (TPSA) is 66.9 Å². The molecule has 5 nitrogen and oxygen atoms in total. The largest absolute Gasteiger partial charge is 0.369 e. The molecule has 110 valence electrons. The summed E-state index contributed by atoms with van der Waals surface area (Å²) in [4.78, 5) is 12.0. The highest BCUT2D eigenvalue weighted by molar-refractivity contribution is 6.03. The molecule has 0 saturated heterocycles. The van der Waals surface area contributed by atoms with Crippen molar-refractivity contribution in [2.24, 2.45) is 5.92 Å². The number of nitrogens with one attached hydrogen (secondary N) is 2. The fourth-order valence-corrected chi connectivity index (χ4v) is 1.76. The van der Waals surface area contributed by atoms with Crippen molar-refractivity contribution in [3.63, 3.8) is 0 Å². The maximum absolute atomic E-state index is 12.0. The summed E-state index contributed by atoms with van der Waals surface area (Å²) in [5.74, 6) is 1.62. The first kappa shape index (κ1) is 15.0. The number of nitrogens with zero attached hydrogens (tertiary/aromatic N) is 2. The summed E-state index contributed by atoms with van der Waals surface area (Å²) in [6.45, 7) is 5.22. The number of aromatic nitrogens is 2. The number of anilines is 2. The predicted molar refractivity (Wildman–Crippen MR) is 84.4 cm³/mol. The van der Waals surface area contributed by atoms with Gasteiger partial charge in [0.05, 0.1) is 0 Å². The van der Waals surface area contributed by atoms with E-state index in [1.807, 2.05) is 24.3 Å². The third-order valence-electron chi connectivity index (χ3n) is 2.97. The molecule has 21 heavy (non-hydrogen) atoms. The molecule has 5 heteroatoms. The average Bonchev–Trinajstić information content (AvgIpc) is 2.49. The van der Waals surface area contributed by atoms with E-state index in [4.69, 9.17) is 0 Å². The van der Waals surface area contributed by atoms with Gasteiger partial charge in [-0.05, 0) is 36.6 Å². The molecule has 0 atom stereocenters. The highest BCUT2D eigenvalue weighted by Crippen LogP contribution is 2.09. The van der Waals surface area contributed by atoms with E-state index in [-0.39, 0.29) is 5.91 Å². The summed E-state index contributed by atoms with van der Waals surface area (Å²) >= 11 is 0. The zero-order chi connectivity index (χ0) is 15.1. The number of carbonyl (C=O) groups is 1. The van der Waals surface area contributed by atoms with E-state index < -0.39 is 0 Å². The molecule has 0 aliphatic carbocycles. The van der Waals surface area contributed by atoms with Crippen molar-refractivity contribution in [3.05, 3.63) is 48.0 Å². The van der Waals surface area contributed by atoms with Crippen LogP contribution in [-0.2, 0) is 0 Å². The Bertz CT molecular complexity index is 567. The Morgan fingerprint density at radius 3 is 2.33 bits per heavy atom. The summed E-state index contributed by atoms with van der Waals surface area (Å²) in [6, 6.07) is 12.6. The van der Waals surface area contributed by atoms with E-state index in [0.29, 0.717) is 23.1 Å². The number of carbonyl (C=O) groups excluding carboxylic acids is 1. The molecule has 0 spiro atoms. The first-order valence-electron chi connectivity index (χ1n) is 7.09. The monoisotopic (exact) mass is 284 g/mol. The van der Waals surface area contributed by atoms with Crippen LogP contribution in [0, 0.1) is 5.92 Å². The summed E-state index contributed by atoms with van der Waals surface area (Å²) in [7, 11) is 0. The smallest absolute Gasteiger partial charge is 0.256 e. The third kappa shape index (κ3) is 4.87. The standard InChI is InChI=1S/C16H20N4O/c1-12(2)10-11-17-14-8-9-15(20-19-14)18-16(21)13-6-4-3-5-7-13/h3-9,12H,10-11H2,1-2H3,(H,17,19)(H,18,20,21). The number of benzene rings is 1. The van der Waals surface area contributed by atoms with Crippen LogP contribution in [0.1, 0.15) is 30.6 Å². The minimum Gasteiger partial charge on any atom is -0.369 e. The second kappa shape index (κ2) is 7.38. The van der Waals surface area contributed by atoms with Gasteiger partial charge in [-0.15, -0.1) is 10.2 Å². The van der Waals surface area contributed by atoms with Gasteiger partial charge in [0, 0.05) is 12.1 Å². The summed E-state index contributed by atoms with van der Waals surface area (Å²) < 4.78 is 0. The van der Waals surface area contributed by atoms with Gasteiger partial charge in [0.1, 0.15) is 5.82 Å². The third-order valence-corrected chi connectivity index (χ3v) is 2.97. The zero-order valence-electron chi connectivity index (χ0n) is 12.3. The van der Waals surface area contributed by atoms with Gasteiger partial charge in [-0.25, -0.2) is 0 Å². The Labute approximate surface area is 124 Å². The van der Waals surface area contributed by atoms with Crippen LogP contribution in [0.5, 0.6) is 0 Å². The van der Waals surface area contributed by atoms with Crippen molar-refractivity contribution in [2.45, 2.75) is 20.3 Å². The van der Waals surface area contributed by atoms with E-state index in [2.05, 4.69) is 34.7 Å². The number of hydrogen-bond donors (Lipinski definition) is 2. The average molecular weight is 284 g/mol. The molecule has 0 radical (unpaired) electrons. The van der Waals surface area contributed by atoms with Crippen LogP contribution in [0.2, 0.25) is 0 Å². The van der Waals surface area contributed by atoms with E-state index in [1.54, 1.807) is 18.2 Å². The maximum atomic E-state index is 12.0. The molecule has 2 aromatic rings. The molecule has 1 aromatic heterocycles. The molecule has 0 fully saturated rings. The van der Waals surface area contributed by atoms with E-state index in [9.17, 15) is 4.79 Å². The molecular weight excluding hydrogens is 264 g/mol. The lowest BCUT2D eigenvalue weighted by Crippen LogP contribution is -2.13. The Kier molecular flexibility index (Phi) is 5.26.